The summed E-state index contributed by atoms with van der Waals surface area (Å²) >= 11 is 0. The van der Waals surface area contributed by atoms with Crippen LogP contribution in [0.2, 0.25) is 0 Å². The van der Waals surface area contributed by atoms with Crippen LogP contribution in [0.4, 0.5) is 0 Å². The van der Waals surface area contributed by atoms with E-state index in [1.54, 1.807) is 0 Å². The van der Waals surface area contributed by atoms with Gasteiger partial charge < -0.3 is 9.80 Å². The third kappa shape index (κ3) is 3.46. The van der Waals surface area contributed by atoms with Crippen LogP contribution in [-0.2, 0) is 9.59 Å². The average molecular weight is 347 g/mol. The molecule has 0 aromatic rings. The summed E-state index contributed by atoms with van der Waals surface area (Å²) in [5, 5.41) is 0. The second-order valence-electron chi connectivity index (χ2n) is 9.81. The van der Waals surface area contributed by atoms with Gasteiger partial charge in [-0.15, -0.1) is 0 Å². The zero-order valence-electron chi connectivity index (χ0n) is 16.0. The van der Waals surface area contributed by atoms with E-state index in [-0.39, 0.29) is 11.8 Å². The molecule has 0 aromatic heterocycles. The molecule has 0 aromatic carbocycles. The number of amides is 2. The third-order valence-corrected chi connectivity index (χ3v) is 7.35. The molecule has 5 rings (SSSR count). The number of carbonyl (C=O) groups excluding carboxylic acids is 2. The van der Waals surface area contributed by atoms with Crippen molar-refractivity contribution in [3.8, 4) is 0 Å². The first-order valence-electron chi connectivity index (χ1n) is 10.5. The van der Waals surface area contributed by atoms with E-state index in [0.29, 0.717) is 17.9 Å². The Hall–Kier alpha value is -1.06. The quantitative estimate of drug-likeness (QED) is 0.786. The molecule has 2 amide bonds. The van der Waals surface area contributed by atoms with Gasteiger partial charge in [0.05, 0.1) is 0 Å². The first-order chi connectivity index (χ1) is 11.9. The predicted molar refractivity (Wildman–Crippen MR) is 97.8 cm³/mol. The highest BCUT2D eigenvalue weighted by atomic mass is 16.2. The summed E-state index contributed by atoms with van der Waals surface area (Å²) < 4.78 is 0. The Morgan fingerprint density at radius 2 is 1.40 bits per heavy atom. The van der Waals surface area contributed by atoms with Gasteiger partial charge in [-0.2, -0.15) is 0 Å². The number of hydrogen-bond acceptors (Lipinski definition) is 2. The maximum atomic E-state index is 13.1. The summed E-state index contributed by atoms with van der Waals surface area (Å²) in [6, 6.07) is 0. The monoisotopic (exact) mass is 346 g/mol. The van der Waals surface area contributed by atoms with Gasteiger partial charge in [0.1, 0.15) is 0 Å². The lowest BCUT2D eigenvalue weighted by molar-refractivity contribution is -0.140. The van der Waals surface area contributed by atoms with E-state index < -0.39 is 0 Å². The molecule has 1 saturated heterocycles. The minimum absolute atomic E-state index is 0.0503. The van der Waals surface area contributed by atoms with E-state index in [2.05, 4.69) is 4.90 Å². The van der Waals surface area contributed by atoms with Gasteiger partial charge in [-0.25, -0.2) is 0 Å². The highest BCUT2D eigenvalue weighted by Gasteiger charge is 2.51. The second-order valence-corrected chi connectivity index (χ2v) is 9.81. The lowest BCUT2D eigenvalue weighted by Crippen LogP contribution is -2.48. The van der Waals surface area contributed by atoms with E-state index in [0.717, 1.165) is 50.2 Å². The second kappa shape index (κ2) is 6.59. The maximum Gasteiger partial charge on any atom is 0.225 e. The van der Waals surface area contributed by atoms with Gasteiger partial charge in [-0.1, -0.05) is 13.8 Å². The van der Waals surface area contributed by atoms with Crippen molar-refractivity contribution in [2.75, 3.05) is 26.2 Å². The molecule has 4 saturated carbocycles. The minimum Gasteiger partial charge on any atom is -0.341 e. The van der Waals surface area contributed by atoms with Crippen molar-refractivity contribution in [2.45, 2.75) is 65.2 Å². The molecule has 1 aliphatic heterocycles. The number of nitrogens with zero attached hydrogens (tertiary/aromatic N) is 2. The van der Waals surface area contributed by atoms with Crippen LogP contribution in [0.15, 0.2) is 0 Å². The zero-order valence-corrected chi connectivity index (χ0v) is 16.0. The predicted octanol–water partition coefficient (Wildman–Crippen LogP) is 3.31. The van der Waals surface area contributed by atoms with Crippen LogP contribution >= 0.6 is 0 Å². The lowest BCUT2D eigenvalue weighted by atomic mass is 9.49. The van der Waals surface area contributed by atoms with Gasteiger partial charge in [0.25, 0.3) is 0 Å². The summed E-state index contributed by atoms with van der Waals surface area (Å²) in [6.07, 6.45) is 9.90. The van der Waals surface area contributed by atoms with Crippen LogP contribution in [-0.4, -0.2) is 47.8 Å². The fourth-order valence-corrected chi connectivity index (χ4v) is 6.69. The molecule has 5 aliphatic rings. The van der Waals surface area contributed by atoms with Crippen LogP contribution in [0, 0.1) is 29.1 Å². The van der Waals surface area contributed by atoms with E-state index >= 15 is 0 Å². The number of carbonyl (C=O) groups is 2. The summed E-state index contributed by atoms with van der Waals surface area (Å²) in [4.78, 5) is 29.3. The van der Waals surface area contributed by atoms with E-state index in [1.807, 2.05) is 18.7 Å². The van der Waals surface area contributed by atoms with Crippen LogP contribution in [0.1, 0.15) is 65.2 Å². The summed E-state index contributed by atoms with van der Waals surface area (Å²) in [7, 11) is 0. The van der Waals surface area contributed by atoms with Crippen LogP contribution in [0.5, 0.6) is 0 Å². The molecule has 140 valence electrons. The van der Waals surface area contributed by atoms with Gasteiger partial charge in [-0.3, -0.25) is 9.59 Å². The van der Waals surface area contributed by atoms with Gasteiger partial charge in [-0.05, 0) is 68.1 Å². The average Bonchev–Trinajstić information content (AvgIpc) is 2.78. The van der Waals surface area contributed by atoms with Crippen molar-refractivity contribution in [3.05, 3.63) is 0 Å². The van der Waals surface area contributed by atoms with Crippen molar-refractivity contribution in [2.24, 2.45) is 29.1 Å². The largest absolute Gasteiger partial charge is 0.341 e. The molecule has 4 aliphatic carbocycles. The molecule has 0 unspecified atom stereocenters. The molecule has 0 radical (unpaired) electrons. The van der Waals surface area contributed by atoms with E-state index in [9.17, 15) is 9.59 Å². The number of rotatable bonds is 3. The fourth-order valence-electron chi connectivity index (χ4n) is 6.69. The van der Waals surface area contributed by atoms with Crippen molar-refractivity contribution in [1.29, 1.82) is 0 Å². The Bertz CT molecular complexity index is 507. The first-order valence-corrected chi connectivity index (χ1v) is 10.5. The Morgan fingerprint density at radius 3 is 1.96 bits per heavy atom. The maximum absolute atomic E-state index is 13.1. The molecule has 4 heteroatoms. The first kappa shape index (κ1) is 17.4. The molecule has 5 fully saturated rings. The third-order valence-electron chi connectivity index (χ3n) is 7.35. The molecular formula is C21H34N2O2. The zero-order chi connectivity index (χ0) is 17.6. The van der Waals surface area contributed by atoms with Gasteiger partial charge in [0.2, 0.25) is 11.8 Å². The molecule has 1 heterocycles. The standard InChI is InChI=1S/C21H34N2O2/c1-15(2)20(25)23-5-3-4-22(6-7-23)19(24)14-21-11-16-8-17(12-21)10-18(9-16)13-21/h15-18H,3-14H2,1-2H3. The summed E-state index contributed by atoms with van der Waals surface area (Å²) in [5.41, 5.74) is 0.325. The van der Waals surface area contributed by atoms with Gasteiger partial charge in [0.15, 0.2) is 0 Å². The Kier molecular flexibility index (Phi) is 4.57. The van der Waals surface area contributed by atoms with Crippen molar-refractivity contribution in [1.82, 2.24) is 9.80 Å². The van der Waals surface area contributed by atoms with Crippen LogP contribution < -0.4 is 0 Å². The van der Waals surface area contributed by atoms with Gasteiger partial charge in [0, 0.05) is 38.5 Å². The molecular weight excluding hydrogens is 312 g/mol. The number of hydrogen-bond donors (Lipinski definition) is 0. The smallest absolute Gasteiger partial charge is 0.225 e. The molecule has 25 heavy (non-hydrogen) atoms. The van der Waals surface area contributed by atoms with E-state index in [1.165, 1.54) is 38.5 Å². The molecule has 4 bridgehead atoms. The SMILES string of the molecule is CC(C)C(=O)N1CCCN(C(=O)CC23CC4CC(CC(C4)C2)C3)CC1. The van der Waals surface area contributed by atoms with Crippen molar-refractivity contribution >= 4 is 11.8 Å². The highest BCUT2D eigenvalue weighted by Crippen LogP contribution is 2.61. The van der Waals surface area contributed by atoms with Crippen molar-refractivity contribution in [3.63, 3.8) is 0 Å². The van der Waals surface area contributed by atoms with Crippen LogP contribution in [0.25, 0.3) is 0 Å². The Morgan fingerprint density at radius 1 is 0.880 bits per heavy atom. The summed E-state index contributed by atoms with van der Waals surface area (Å²) in [6.45, 7) is 6.99. The summed E-state index contributed by atoms with van der Waals surface area (Å²) in [5.74, 6) is 3.36. The Balaban J connectivity index is 1.36. The fraction of sp³-hybridized carbons (Fsp3) is 0.905. The molecule has 4 nitrogen and oxygen atoms in total. The normalized spacial score (nSPS) is 37.5. The van der Waals surface area contributed by atoms with E-state index in [4.69, 9.17) is 0 Å². The topological polar surface area (TPSA) is 40.6 Å². The molecule has 0 N–H and O–H groups in total. The molecule has 0 spiro atoms. The Labute approximate surface area is 152 Å². The van der Waals surface area contributed by atoms with Gasteiger partial charge >= 0.3 is 0 Å². The van der Waals surface area contributed by atoms with Crippen molar-refractivity contribution < 1.29 is 9.59 Å². The highest BCUT2D eigenvalue weighted by molar-refractivity contribution is 5.79. The van der Waals surface area contributed by atoms with Crippen LogP contribution in [0.3, 0.4) is 0 Å². The minimum atomic E-state index is 0.0503. The molecule has 0 atom stereocenters. The lowest BCUT2D eigenvalue weighted by Gasteiger charge is -2.57.